The topological polar surface area (TPSA) is 78.9 Å². The SMILES string of the molecule is CC/C=C/C=C/C=C/CCCCCCCCCC(=O)OCC(COC(=O)CCCCCCC/C=C/C=C/C=C/CC)OC(=O)CCCCCCCCCCCCCCCCC. The fraction of sp³-hybridized carbons (Fsp3) is 0.727. The molecule has 0 aliphatic heterocycles. The molecule has 0 fully saturated rings. The summed E-state index contributed by atoms with van der Waals surface area (Å²) in [5, 5.41) is 0. The number of unbranched alkanes of at least 4 members (excludes halogenated alkanes) is 26. The smallest absolute Gasteiger partial charge is 0.306 e. The number of carbonyl (C=O) groups is 3. The Kier molecular flexibility index (Phi) is 46.9. The van der Waals surface area contributed by atoms with Crippen LogP contribution in [0.4, 0.5) is 0 Å². The molecular weight excluding hydrogens is 757 g/mol. The second kappa shape index (κ2) is 49.5. The van der Waals surface area contributed by atoms with E-state index in [0.717, 1.165) is 96.3 Å². The summed E-state index contributed by atoms with van der Waals surface area (Å²) in [6.07, 6.45) is 61.7. The van der Waals surface area contributed by atoms with Crippen LogP contribution in [0.3, 0.4) is 0 Å². The highest BCUT2D eigenvalue weighted by Gasteiger charge is 2.19. The van der Waals surface area contributed by atoms with Gasteiger partial charge < -0.3 is 14.2 Å². The Morgan fingerprint density at radius 2 is 0.639 bits per heavy atom. The summed E-state index contributed by atoms with van der Waals surface area (Å²) < 4.78 is 16.8. The summed E-state index contributed by atoms with van der Waals surface area (Å²) in [5.41, 5.74) is 0. The quantitative estimate of drug-likeness (QED) is 0.0263. The van der Waals surface area contributed by atoms with Crippen molar-refractivity contribution >= 4 is 17.9 Å². The van der Waals surface area contributed by atoms with E-state index in [0.29, 0.717) is 19.3 Å². The van der Waals surface area contributed by atoms with Crippen molar-refractivity contribution in [3.05, 3.63) is 72.9 Å². The number of carbonyl (C=O) groups excluding carboxylic acids is 3. The molecule has 0 bridgehead atoms. The molecule has 0 saturated heterocycles. The molecule has 6 heteroatoms. The van der Waals surface area contributed by atoms with Gasteiger partial charge in [0.05, 0.1) is 0 Å². The summed E-state index contributed by atoms with van der Waals surface area (Å²) in [7, 11) is 0. The fourth-order valence-electron chi connectivity index (χ4n) is 7.03. The van der Waals surface area contributed by atoms with Gasteiger partial charge in [-0.3, -0.25) is 14.4 Å². The molecular formula is C55H94O6. The van der Waals surface area contributed by atoms with E-state index in [1.54, 1.807) is 0 Å². The number of allylic oxidation sites excluding steroid dienone is 12. The normalized spacial score (nSPS) is 12.6. The minimum Gasteiger partial charge on any atom is -0.462 e. The first-order valence-corrected chi connectivity index (χ1v) is 25.5. The first-order chi connectivity index (χ1) is 30.0. The molecule has 0 N–H and O–H groups in total. The van der Waals surface area contributed by atoms with Crippen molar-refractivity contribution in [3.63, 3.8) is 0 Å². The summed E-state index contributed by atoms with van der Waals surface area (Å²) >= 11 is 0. The average Bonchev–Trinajstić information content (AvgIpc) is 3.26. The number of esters is 3. The van der Waals surface area contributed by atoms with Crippen LogP contribution in [-0.2, 0) is 28.6 Å². The lowest BCUT2D eigenvalue weighted by molar-refractivity contribution is -0.167. The summed E-state index contributed by atoms with van der Waals surface area (Å²) in [4.78, 5) is 38.0. The highest BCUT2D eigenvalue weighted by Crippen LogP contribution is 2.15. The van der Waals surface area contributed by atoms with Crippen molar-refractivity contribution in [3.8, 4) is 0 Å². The standard InChI is InChI=1S/C55H94O6/c1-4-7-10-13-16-19-22-25-27-30-33-36-39-42-45-48-54(57)60-51-52(50-59-53(56)47-44-41-38-35-32-29-24-21-18-15-12-9-6-3)61-55(58)49-46-43-40-37-34-31-28-26-23-20-17-14-11-8-5-2/h7,9-10,12-13,15-16,18-19,21-22,24,52H,4-6,8,11,14,17,20,23,25-51H2,1-3H3/b10-7+,12-9+,16-13+,18-15+,22-19+,24-21+. The van der Waals surface area contributed by atoms with Crippen LogP contribution in [0.2, 0.25) is 0 Å². The van der Waals surface area contributed by atoms with Crippen LogP contribution in [0.5, 0.6) is 0 Å². The molecule has 0 saturated carbocycles. The molecule has 0 spiro atoms. The Bertz CT molecular complexity index is 1160. The zero-order chi connectivity index (χ0) is 44.4. The van der Waals surface area contributed by atoms with Crippen LogP contribution in [-0.4, -0.2) is 37.2 Å². The van der Waals surface area contributed by atoms with Crippen molar-refractivity contribution in [2.24, 2.45) is 0 Å². The van der Waals surface area contributed by atoms with Crippen molar-refractivity contribution in [2.45, 2.75) is 245 Å². The maximum atomic E-state index is 12.8. The van der Waals surface area contributed by atoms with Gasteiger partial charge in [-0.25, -0.2) is 0 Å². The molecule has 0 aromatic carbocycles. The Balaban J connectivity index is 4.41. The second-order valence-corrected chi connectivity index (χ2v) is 16.8. The molecule has 0 rings (SSSR count). The van der Waals surface area contributed by atoms with E-state index in [1.807, 2.05) is 0 Å². The summed E-state index contributed by atoms with van der Waals surface area (Å²) in [6.45, 7) is 6.35. The van der Waals surface area contributed by atoms with Gasteiger partial charge in [0.25, 0.3) is 0 Å². The Labute approximate surface area is 376 Å². The van der Waals surface area contributed by atoms with Gasteiger partial charge in [0, 0.05) is 19.3 Å². The van der Waals surface area contributed by atoms with Gasteiger partial charge in [-0.2, -0.15) is 0 Å². The molecule has 0 heterocycles. The predicted octanol–water partition coefficient (Wildman–Crippen LogP) is 16.6. The number of ether oxygens (including phenoxy) is 3. The summed E-state index contributed by atoms with van der Waals surface area (Å²) in [5.74, 6) is -0.915. The molecule has 0 aliphatic carbocycles. The van der Waals surface area contributed by atoms with Crippen molar-refractivity contribution in [1.82, 2.24) is 0 Å². The Hall–Kier alpha value is -3.15. The number of hydrogen-bond donors (Lipinski definition) is 0. The van der Waals surface area contributed by atoms with E-state index in [2.05, 4.69) is 93.7 Å². The van der Waals surface area contributed by atoms with Crippen LogP contribution in [0.1, 0.15) is 239 Å². The molecule has 0 radical (unpaired) electrons. The van der Waals surface area contributed by atoms with Crippen LogP contribution >= 0.6 is 0 Å². The maximum Gasteiger partial charge on any atom is 0.306 e. The van der Waals surface area contributed by atoms with E-state index in [-0.39, 0.29) is 31.1 Å². The van der Waals surface area contributed by atoms with Gasteiger partial charge in [0.1, 0.15) is 13.2 Å². The zero-order valence-electron chi connectivity index (χ0n) is 39.9. The van der Waals surface area contributed by atoms with Crippen molar-refractivity contribution in [2.75, 3.05) is 13.2 Å². The monoisotopic (exact) mass is 851 g/mol. The van der Waals surface area contributed by atoms with Crippen LogP contribution in [0.15, 0.2) is 72.9 Å². The zero-order valence-corrected chi connectivity index (χ0v) is 39.9. The van der Waals surface area contributed by atoms with Gasteiger partial charge in [-0.05, 0) is 57.8 Å². The lowest BCUT2D eigenvalue weighted by Gasteiger charge is -2.18. The molecule has 1 unspecified atom stereocenters. The molecule has 1 atom stereocenters. The highest BCUT2D eigenvalue weighted by atomic mass is 16.6. The van der Waals surface area contributed by atoms with Gasteiger partial charge in [-0.15, -0.1) is 0 Å². The minimum atomic E-state index is -0.786. The first-order valence-electron chi connectivity index (χ1n) is 25.5. The minimum absolute atomic E-state index is 0.0872. The molecule has 0 aromatic heterocycles. The molecule has 350 valence electrons. The first kappa shape index (κ1) is 57.9. The van der Waals surface area contributed by atoms with Crippen molar-refractivity contribution in [1.29, 1.82) is 0 Å². The van der Waals surface area contributed by atoms with E-state index >= 15 is 0 Å². The largest absolute Gasteiger partial charge is 0.462 e. The third kappa shape index (κ3) is 47.7. The van der Waals surface area contributed by atoms with Gasteiger partial charge in [0.2, 0.25) is 0 Å². The number of rotatable bonds is 45. The predicted molar refractivity (Wildman–Crippen MR) is 261 cm³/mol. The lowest BCUT2D eigenvalue weighted by Crippen LogP contribution is -2.30. The second-order valence-electron chi connectivity index (χ2n) is 16.8. The molecule has 0 amide bonds. The maximum absolute atomic E-state index is 12.8. The Morgan fingerprint density at radius 3 is 0.984 bits per heavy atom. The van der Waals surface area contributed by atoms with E-state index in [1.165, 1.54) is 103 Å². The fourth-order valence-corrected chi connectivity index (χ4v) is 7.03. The Morgan fingerprint density at radius 1 is 0.344 bits per heavy atom. The van der Waals surface area contributed by atoms with Crippen LogP contribution in [0.25, 0.3) is 0 Å². The van der Waals surface area contributed by atoms with Gasteiger partial charge in [0.15, 0.2) is 6.10 Å². The van der Waals surface area contributed by atoms with Crippen LogP contribution < -0.4 is 0 Å². The van der Waals surface area contributed by atoms with E-state index in [9.17, 15) is 14.4 Å². The van der Waals surface area contributed by atoms with Crippen LogP contribution in [0, 0.1) is 0 Å². The average molecular weight is 851 g/mol. The lowest BCUT2D eigenvalue weighted by atomic mass is 10.0. The van der Waals surface area contributed by atoms with Gasteiger partial charge >= 0.3 is 17.9 Å². The summed E-state index contributed by atoms with van der Waals surface area (Å²) in [6, 6.07) is 0. The third-order valence-corrected chi connectivity index (χ3v) is 10.8. The molecule has 0 aliphatic rings. The molecule has 6 nitrogen and oxygen atoms in total. The van der Waals surface area contributed by atoms with E-state index in [4.69, 9.17) is 14.2 Å². The van der Waals surface area contributed by atoms with E-state index < -0.39 is 6.10 Å². The van der Waals surface area contributed by atoms with Crippen molar-refractivity contribution < 1.29 is 28.6 Å². The number of hydrogen-bond acceptors (Lipinski definition) is 6. The highest BCUT2D eigenvalue weighted by molar-refractivity contribution is 5.71. The molecule has 0 aromatic rings. The third-order valence-electron chi connectivity index (χ3n) is 10.8. The molecule has 61 heavy (non-hydrogen) atoms. The van der Waals surface area contributed by atoms with Gasteiger partial charge in [-0.1, -0.05) is 235 Å².